The summed E-state index contributed by atoms with van der Waals surface area (Å²) in [5, 5.41) is 9.70. The van der Waals surface area contributed by atoms with Gasteiger partial charge in [-0.25, -0.2) is 0 Å². The topological polar surface area (TPSA) is 62.4 Å². The molecular weight excluding hydrogens is 302 g/mol. The van der Waals surface area contributed by atoms with Gasteiger partial charge in [0.15, 0.2) is 0 Å². The van der Waals surface area contributed by atoms with Gasteiger partial charge in [-0.05, 0) is 42.7 Å². The second-order valence-electron chi connectivity index (χ2n) is 6.16. The molecule has 0 bridgehead atoms. The summed E-state index contributed by atoms with van der Waals surface area (Å²) >= 11 is 0. The molecule has 1 amide bonds. The van der Waals surface area contributed by atoms with Crippen LogP contribution in [0.25, 0.3) is 0 Å². The summed E-state index contributed by atoms with van der Waals surface area (Å²) in [5.41, 5.74) is 4.15. The maximum atomic E-state index is 12.8. The summed E-state index contributed by atoms with van der Waals surface area (Å²) < 4.78 is 5.70. The number of carbonyl (C=O) groups excluding carboxylic acids is 1. The molecule has 5 heteroatoms. The Morgan fingerprint density at radius 3 is 3.04 bits per heavy atom. The Bertz CT molecular complexity index is 760. The van der Waals surface area contributed by atoms with Crippen molar-refractivity contribution in [2.24, 2.45) is 0 Å². The Labute approximate surface area is 141 Å². The second kappa shape index (κ2) is 6.53. The summed E-state index contributed by atoms with van der Waals surface area (Å²) in [6.07, 6.45) is 2.17. The number of para-hydroxylation sites is 1. The van der Waals surface area contributed by atoms with E-state index in [2.05, 4.69) is 22.0 Å². The maximum Gasteiger partial charge on any atom is 0.246 e. The molecule has 0 aliphatic carbocycles. The standard InChI is InChI=1S/C19H21N3O2/c23-19(18-15-5-1-2-6-17(15)24-11-10-21-18)22-14-7-8-16-13(12-14)4-3-9-20-16/h1-2,5-8,12,18,20-21H,3-4,9-11H2,(H,22,23). The van der Waals surface area contributed by atoms with Gasteiger partial charge in [0.1, 0.15) is 18.4 Å². The molecule has 0 radical (unpaired) electrons. The number of hydrogen-bond donors (Lipinski definition) is 3. The Balaban J connectivity index is 1.56. The van der Waals surface area contributed by atoms with E-state index in [0.717, 1.165) is 36.4 Å². The lowest BCUT2D eigenvalue weighted by Crippen LogP contribution is -2.33. The molecule has 0 aromatic heterocycles. The van der Waals surface area contributed by atoms with E-state index in [9.17, 15) is 4.79 Å². The molecule has 2 heterocycles. The smallest absolute Gasteiger partial charge is 0.246 e. The highest BCUT2D eigenvalue weighted by atomic mass is 16.5. The van der Waals surface area contributed by atoms with Crippen LogP contribution in [0.4, 0.5) is 11.4 Å². The number of rotatable bonds is 2. The molecule has 124 valence electrons. The van der Waals surface area contributed by atoms with Crippen molar-refractivity contribution in [3.05, 3.63) is 53.6 Å². The van der Waals surface area contributed by atoms with Gasteiger partial charge in [-0.1, -0.05) is 18.2 Å². The van der Waals surface area contributed by atoms with Crippen molar-refractivity contribution in [1.82, 2.24) is 5.32 Å². The summed E-state index contributed by atoms with van der Waals surface area (Å²) in [7, 11) is 0. The molecule has 5 nitrogen and oxygen atoms in total. The van der Waals surface area contributed by atoms with E-state index in [4.69, 9.17) is 4.74 Å². The van der Waals surface area contributed by atoms with Gasteiger partial charge in [0.25, 0.3) is 0 Å². The minimum atomic E-state index is -0.405. The molecule has 1 unspecified atom stereocenters. The molecule has 0 fully saturated rings. The summed E-state index contributed by atoms with van der Waals surface area (Å²) in [6.45, 7) is 2.22. The van der Waals surface area contributed by atoms with Crippen LogP contribution in [-0.4, -0.2) is 25.6 Å². The third-order valence-corrected chi connectivity index (χ3v) is 4.51. The monoisotopic (exact) mass is 323 g/mol. The van der Waals surface area contributed by atoms with Crippen LogP contribution in [0.5, 0.6) is 5.75 Å². The number of carbonyl (C=O) groups is 1. The van der Waals surface area contributed by atoms with Crippen LogP contribution in [-0.2, 0) is 11.2 Å². The number of hydrogen-bond acceptors (Lipinski definition) is 4. The van der Waals surface area contributed by atoms with Crippen LogP contribution >= 0.6 is 0 Å². The van der Waals surface area contributed by atoms with E-state index >= 15 is 0 Å². The van der Waals surface area contributed by atoms with Gasteiger partial charge in [-0.3, -0.25) is 10.1 Å². The number of nitrogens with one attached hydrogen (secondary N) is 3. The average Bonchev–Trinajstić information content (AvgIpc) is 2.84. The van der Waals surface area contributed by atoms with E-state index in [1.165, 1.54) is 11.3 Å². The Morgan fingerprint density at radius 1 is 1.17 bits per heavy atom. The lowest BCUT2D eigenvalue weighted by atomic mass is 10.0. The Morgan fingerprint density at radius 2 is 2.08 bits per heavy atom. The van der Waals surface area contributed by atoms with E-state index in [1.807, 2.05) is 36.4 Å². The van der Waals surface area contributed by atoms with Crippen LogP contribution in [0.3, 0.4) is 0 Å². The van der Waals surface area contributed by atoms with Gasteiger partial charge < -0.3 is 15.4 Å². The highest BCUT2D eigenvalue weighted by Crippen LogP contribution is 2.29. The van der Waals surface area contributed by atoms with Crippen molar-refractivity contribution in [2.45, 2.75) is 18.9 Å². The van der Waals surface area contributed by atoms with Gasteiger partial charge in [-0.2, -0.15) is 0 Å². The summed E-state index contributed by atoms with van der Waals surface area (Å²) in [4.78, 5) is 12.8. The highest BCUT2D eigenvalue weighted by molar-refractivity contribution is 5.96. The van der Waals surface area contributed by atoms with Crippen molar-refractivity contribution < 1.29 is 9.53 Å². The van der Waals surface area contributed by atoms with E-state index in [0.29, 0.717) is 13.2 Å². The minimum absolute atomic E-state index is 0.0586. The van der Waals surface area contributed by atoms with Crippen molar-refractivity contribution in [1.29, 1.82) is 0 Å². The molecule has 4 rings (SSSR count). The van der Waals surface area contributed by atoms with Crippen LogP contribution in [0.15, 0.2) is 42.5 Å². The normalized spacial score (nSPS) is 19.1. The van der Waals surface area contributed by atoms with Crippen molar-refractivity contribution in [3.8, 4) is 5.75 Å². The number of fused-ring (bicyclic) bond motifs is 2. The van der Waals surface area contributed by atoms with E-state index in [-0.39, 0.29) is 5.91 Å². The quantitative estimate of drug-likeness (QED) is 0.795. The van der Waals surface area contributed by atoms with Crippen LogP contribution in [0, 0.1) is 0 Å². The summed E-state index contributed by atoms with van der Waals surface area (Å²) in [5.74, 6) is 0.717. The van der Waals surface area contributed by atoms with E-state index in [1.54, 1.807) is 0 Å². The first-order chi connectivity index (χ1) is 11.8. The molecule has 0 saturated heterocycles. The lowest BCUT2D eigenvalue weighted by Gasteiger charge is -2.20. The molecule has 2 aliphatic heterocycles. The van der Waals surface area contributed by atoms with Crippen LogP contribution in [0.2, 0.25) is 0 Å². The van der Waals surface area contributed by atoms with Gasteiger partial charge >= 0.3 is 0 Å². The molecule has 24 heavy (non-hydrogen) atoms. The second-order valence-corrected chi connectivity index (χ2v) is 6.16. The van der Waals surface area contributed by atoms with Gasteiger partial charge in [0, 0.05) is 30.0 Å². The van der Waals surface area contributed by atoms with Crippen LogP contribution < -0.4 is 20.7 Å². The fourth-order valence-corrected chi connectivity index (χ4v) is 3.33. The number of benzene rings is 2. The maximum absolute atomic E-state index is 12.8. The Kier molecular flexibility index (Phi) is 4.09. The Hall–Kier alpha value is -2.53. The highest BCUT2D eigenvalue weighted by Gasteiger charge is 2.25. The number of aryl methyl sites for hydroxylation is 1. The third kappa shape index (κ3) is 2.95. The SMILES string of the molecule is O=C(Nc1ccc2c(c1)CCCN2)C1NCCOc2ccccc21. The van der Waals surface area contributed by atoms with E-state index < -0.39 is 6.04 Å². The third-order valence-electron chi connectivity index (χ3n) is 4.51. The van der Waals surface area contributed by atoms with Crippen LogP contribution in [0.1, 0.15) is 23.6 Å². The molecule has 2 aromatic rings. The molecular formula is C19H21N3O2. The summed E-state index contributed by atoms with van der Waals surface area (Å²) in [6, 6.07) is 13.4. The molecule has 3 N–H and O–H groups in total. The first kappa shape index (κ1) is 15.0. The van der Waals surface area contributed by atoms with Crippen molar-refractivity contribution in [3.63, 3.8) is 0 Å². The lowest BCUT2D eigenvalue weighted by molar-refractivity contribution is -0.118. The minimum Gasteiger partial charge on any atom is -0.492 e. The molecule has 0 spiro atoms. The number of ether oxygens (including phenoxy) is 1. The van der Waals surface area contributed by atoms with Crippen molar-refractivity contribution >= 4 is 17.3 Å². The van der Waals surface area contributed by atoms with Crippen molar-refractivity contribution in [2.75, 3.05) is 30.3 Å². The zero-order chi connectivity index (χ0) is 16.4. The fraction of sp³-hybridized carbons (Fsp3) is 0.316. The number of anilines is 2. The largest absolute Gasteiger partial charge is 0.492 e. The molecule has 2 aromatic carbocycles. The molecule has 1 atom stereocenters. The predicted molar refractivity (Wildman–Crippen MR) is 94.6 cm³/mol. The first-order valence-electron chi connectivity index (χ1n) is 8.44. The van der Waals surface area contributed by atoms with Gasteiger partial charge in [0.05, 0.1) is 0 Å². The molecule has 2 aliphatic rings. The number of amides is 1. The fourth-order valence-electron chi connectivity index (χ4n) is 3.33. The predicted octanol–water partition coefficient (Wildman–Crippen LogP) is 2.71. The zero-order valence-electron chi connectivity index (χ0n) is 13.5. The first-order valence-corrected chi connectivity index (χ1v) is 8.44. The average molecular weight is 323 g/mol. The van der Waals surface area contributed by atoms with Gasteiger partial charge in [0.2, 0.25) is 5.91 Å². The molecule has 0 saturated carbocycles. The van der Waals surface area contributed by atoms with Gasteiger partial charge in [-0.15, -0.1) is 0 Å². The zero-order valence-corrected chi connectivity index (χ0v) is 13.5.